The van der Waals surface area contributed by atoms with E-state index in [0.29, 0.717) is 35.3 Å². The molecule has 0 spiro atoms. The van der Waals surface area contributed by atoms with Gasteiger partial charge in [-0.05, 0) is 31.3 Å². The fraction of sp³-hybridized carbons (Fsp3) is 0.353. The monoisotopic (exact) mass is 343 g/mol. The molecule has 0 saturated carbocycles. The third-order valence-electron chi connectivity index (χ3n) is 4.27. The van der Waals surface area contributed by atoms with Crippen molar-refractivity contribution in [2.24, 2.45) is 0 Å². The number of piperazine rings is 1. The summed E-state index contributed by atoms with van der Waals surface area (Å²) in [6.07, 6.45) is 1.94. The average Bonchev–Trinajstić information content (AvgIpc) is 3.26. The van der Waals surface area contributed by atoms with Gasteiger partial charge in [0.1, 0.15) is 12.1 Å². The number of aromatic nitrogens is 3. The first-order valence-corrected chi connectivity index (χ1v) is 8.13. The Morgan fingerprint density at radius 1 is 1.28 bits per heavy atom. The molecular weight excluding hydrogens is 325 g/mol. The first-order chi connectivity index (χ1) is 12.2. The maximum absolute atomic E-state index is 13.0. The van der Waals surface area contributed by atoms with Crippen LogP contribution in [-0.2, 0) is 6.42 Å². The van der Waals surface area contributed by atoms with E-state index in [9.17, 15) is 4.39 Å². The van der Waals surface area contributed by atoms with Crippen LogP contribution in [0.15, 0.2) is 39.5 Å². The summed E-state index contributed by atoms with van der Waals surface area (Å²) in [7, 11) is 2.05. The Bertz CT molecular complexity index is 845. The highest BCUT2D eigenvalue weighted by Gasteiger charge is 2.25. The average molecular weight is 343 g/mol. The summed E-state index contributed by atoms with van der Waals surface area (Å²) in [6, 6.07) is 6.11. The van der Waals surface area contributed by atoms with Crippen LogP contribution in [0.25, 0.3) is 11.5 Å². The zero-order chi connectivity index (χ0) is 17.2. The maximum atomic E-state index is 13.0. The van der Waals surface area contributed by atoms with Crippen molar-refractivity contribution in [3.05, 3.63) is 53.8 Å². The van der Waals surface area contributed by atoms with E-state index in [1.54, 1.807) is 18.4 Å². The van der Waals surface area contributed by atoms with E-state index in [2.05, 4.69) is 25.3 Å². The van der Waals surface area contributed by atoms with Crippen LogP contribution in [0, 0.1) is 5.82 Å². The second-order valence-corrected chi connectivity index (χ2v) is 6.07. The number of rotatable bonds is 4. The molecule has 0 amide bonds. The molecular formula is C17H18FN5O2. The van der Waals surface area contributed by atoms with E-state index in [1.165, 1.54) is 12.1 Å². The Hall–Kier alpha value is -2.58. The van der Waals surface area contributed by atoms with E-state index in [1.807, 2.05) is 7.05 Å². The molecule has 1 unspecified atom stereocenters. The molecule has 1 N–H and O–H groups in total. The Balaban J connectivity index is 1.47. The Morgan fingerprint density at radius 2 is 2.12 bits per heavy atom. The predicted molar refractivity (Wildman–Crippen MR) is 87.2 cm³/mol. The normalized spacial score (nSPS) is 18.6. The van der Waals surface area contributed by atoms with Crippen LogP contribution in [0.2, 0.25) is 0 Å². The number of hydrogen-bond donors (Lipinski definition) is 1. The third kappa shape index (κ3) is 3.45. The van der Waals surface area contributed by atoms with Gasteiger partial charge in [0.2, 0.25) is 11.8 Å². The van der Waals surface area contributed by atoms with Crippen molar-refractivity contribution in [1.82, 2.24) is 25.3 Å². The lowest BCUT2D eigenvalue weighted by Crippen LogP contribution is -2.44. The molecule has 0 aliphatic carbocycles. The SMILES string of the molecule is CN1CCNCC1c1noc(Cc2coc(-c3ccc(F)cc3)n2)n1. The number of likely N-dealkylation sites (N-methyl/N-ethyl adjacent to an activating group) is 1. The van der Waals surface area contributed by atoms with E-state index in [4.69, 9.17) is 8.94 Å². The molecule has 1 aromatic carbocycles. The van der Waals surface area contributed by atoms with Gasteiger partial charge in [0.15, 0.2) is 5.82 Å². The molecule has 7 nitrogen and oxygen atoms in total. The van der Waals surface area contributed by atoms with Gasteiger partial charge in [-0.25, -0.2) is 9.37 Å². The number of oxazole rings is 1. The van der Waals surface area contributed by atoms with Crippen LogP contribution in [0.1, 0.15) is 23.5 Å². The molecule has 0 radical (unpaired) electrons. The molecule has 130 valence electrons. The smallest absolute Gasteiger partial charge is 0.232 e. The number of halogens is 1. The summed E-state index contributed by atoms with van der Waals surface area (Å²) in [5.41, 5.74) is 1.40. The van der Waals surface area contributed by atoms with Gasteiger partial charge in [0.25, 0.3) is 0 Å². The van der Waals surface area contributed by atoms with E-state index in [0.717, 1.165) is 19.6 Å². The van der Waals surface area contributed by atoms with Crippen molar-refractivity contribution in [2.75, 3.05) is 26.7 Å². The predicted octanol–water partition coefficient (Wildman–Crippen LogP) is 2.03. The lowest BCUT2D eigenvalue weighted by molar-refractivity contribution is 0.190. The van der Waals surface area contributed by atoms with Crippen molar-refractivity contribution in [3.8, 4) is 11.5 Å². The molecule has 1 aliphatic heterocycles. The van der Waals surface area contributed by atoms with Crippen LogP contribution in [0.5, 0.6) is 0 Å². The first-order valence-electron chi connectivity index (χ1n) is 8.13. The van der Waals surface area contributed by atoms with Crippen molar-refractivity contribution in [1.29, 1.82) is 0 Å². The van der Waals surface area contributed by atoms with Gasteiger partial charge in [-0.15, -0.1) is 0 Å². The molecule has 4 rings (SSSR count). The van der Waals surface area contributed by atoms with Gasteiger partial charge in [0.05, 0.1) is 18.2 Å². The zero-order valence-corrected chi connectivity index (χ0v) is 13.8. The van der Waals surface area contributed by atoms with Crippen LogP contribution >= 0.6 is 0 Å². The van der Waals surface area contributed by atoms with E-state index < -0.39 is 0 Å². The summed E-state index contributed by atoms with van der Waals surface area (Å²) in [5.74, 6) is 1.31. The van der Waals surface area contributed by atoms with E-state index >= 15 is 0 Å². The maximum Gasteiger partial charge on any atom is 0.232 e. The molecule has 8 heteroatoms. The number of nitrogens with zero attached hydrogens (tertiary/aromatic N) is 4. The zero-order valence-electron chi connectivity index (χ0n) is 13.8. The quantitative estimate of drug-likeness (QED) is 0.776. The minimum atomic E-state index is -0.295. The Morgan fingerprint density at radius 3 is 2.92 bits per heavy atom. The van der Waals surface area contributed by atoms with Crippen molar-refractivity contribution in [3.63, 3.8) is 0 Å². The summed E-state index contributed by atoms with van der Waals surface area (Å²) >= 11 is 0. The highest BCUT2D eigenvalue weighted by molar-refractivity contribution is 5.52. The first kappa shape index (κ1) is 15.9. The minimum Gasteiger partial charge on any atom is -0.444 e. The summed E-state index contributed by atoms with van der Waals surface area (Å²) in [5, 5.41) is 7.42. The van der Waals surface area contributed by atoms with Gasteiger partial charge in [-0.1, -0.05) is 5.16 Å². The van der Waals surface area contributed by atoms with Crippen molar-refractivity contribution >= 4 is 0 Å². The van der Waals surface area contributed by atoms with Gasteiger partial charge >= 0.3 is 0 Å². The van der Waals surface area contributed by atoms with Crippen molar-refractivity contribution < 1.29 is 13.3 Å². The summed E-state index contributed by atoms with van der Waals surface area (Å²) in [6.45, 7) is 2.70. The molecule has 3 heterocycles. The van der Waals surface area contributed by atoms with Crippen LogP contribution in [0.4, 0.5) is 4.39 Å². The molecule has 0 bridgehead atoms. The van der Waals surface area contributed by atoms with E-state index in [-0.39, 0.29) is 11.9 Å². The fourth-order valence-electron chi connectivity index (χ4n) is 2.84. The van der Waals surface area contributed by atoms with Crippen molar-refractivity contribution in [2.45, 2.75) is 12.5 Å². The molecule has 2 aromatic heterocycles. The summed E-state index contributed by atoms with van der Waals surface area (Å²) < 4.78 is 23.8. The third-order valence-corrected chi connectivity index (χ3v) is 4.27. The Labute approximate surface area is 143 Å². The summed E-state index contributed by atoms with van der Waals surface area (Å²) in [4.78, 5) is 11.1. The molecule has 1 fully saturated rings. The largest absolute Gasteiger partial charge is 0.444 e. The van der Waals surface area contributed by atoms with Crippen LogP contribution < -0.4 is 5.32 Å². The van der Waals surface area contributed by atoms with Gasteiger partial charge in [-0.2, -0.15) is 4.98 Å². The number of nitrogens with one attached hydrogen (secondary N) is 1. The van der Waals surface area contributed by atoms with Crippen LogP contribution in [0.3, 0.4) is 0 Å². The lowest BCUT2D eigenvalue weighted by atomic mass is 10.2. The topological polar surface area (TPSA) is 80.2 Å². The minimum absolute atomic E-state index is 0.110. The molecule has 1 aliphatic rings. The fourth-order valence-corrected chi connectivity index (χ4v) is 2.84. The van der Waals surface area contributed by atoms with Gasteiger partial charge in [0, 0.05) is 25.2 Å². The number of benzene rings is 1. The number of hydrogen-bond acceptors (Lipinski definition) is 7. The molecule has 25 heavy (non-hydrogen) atoms. The second kappa shape index (κ2) is 6.73. The Kier molecular flexibility index (Phi) is 4.29. The highest BCUT2D eigenvalue weighted by Crippen LogP contribution is 2.21. The molecule has 1 saturated heterocycles. The van der Waals surface area contributed by atoms with Gasteiger partial charge < -0.3 is 14.3 Å². The highest BCUT2D eigenvalue weighted by atomic mass is 19.1. The van der Waals surface area contributed by atoms with Gasteiger partial charge in [-0.3, -0.25) is 4.90 Å². The lowest BCUT2D eigenvalue weighted by Gasteiger charge is -2.30. The standard InChI is InChI=1S/C17H18FN5O2/c1-23-7-6-19-9-14(23)16-21-15(25-22-16)8-13-10-24-17(20-13)11-2-4-12(18)5-3-11/h2-5,10,14,19H,6-9H2,1H3. The van der Waals surface area contributed by atoms with Crippen LogP contribution in [-0.4, -0.2) is 46.7 Å². The molecule has 3 aromatic rings. The second-order valence-electron chi connectivity index (χ2n) is 6.07. The molecule has 1 atom stereocenters.